The first-order valence-corrected chi connectivity index (χ1v) is 5.51. The molecule has 2 N–H and O–H groups in total. The van der Waals surface area contributed by atoms with Gasteiger partial charge in [-0.3, -0.25) is 0 Å². The molecule has 2 heteroatoms. The minimum absolute atomic E-state index is 0.504. The molecule has 0 radical (unpaired) electrons. The standard InChI is InChI=1S/C11H24N2/c1-9(2)11(5-6-12-7-11)8-13-10(3)4/h9-10,12-13H,5-8H2,1-4H3. The van der Waals surface area contributed by atoms with Gasteiger partial charge in [-0.15, -0.1) is 0 Å². The van der Waals surface area contributed by atoms with Crippen LogP contribution in [0.4, 0.5) is 0 Å². The zero-order chi connectivity index (χ0) is 9.90. The zero-order valence-electron chi connectivity index (χ0n) is 9.48. The van der Waals surface area contributed by atoms with Gasteiger partial charge in [-0.1, -0.05) is 27.7 Å². The van der Waals surface area contributed by atoms with Crippen LogP contribution in [0, 0.1) is 11.3 Å². The number of hydrogen-bond donors (Lipinski definition) is 2. The van der Waals surface area contributed by atoms with Crippen LogP contribution in [-0.4, -0.2) is 25.7 Å². The second-order valence-corrected chi connectivity index (χ2v) is 4.98. The molecule has 1 atom stereocenters. The van der Waals surface area contributed by atoms with Crippen molar-refractivity contribution in [2.75, 3.05) is 19.6 Å². The summed E-state index contributed by atoms with van der Waals surface area (Å²) >= 11 is 0. The lowest BCUT2D eigenvalue weighted by Crippen LogP contribution is -2.42. The SMILES string of the molecule is CC(C)NCC1(C(C)C)CCNC1. The first-order chi connectivity index (χ1) is 6.07. The average molecular weight is 184 g/mol. The van der Waals surface area contributed by atoms with Crippen molar-refractivity contribution in [1.82, 2.24) is 10.6 Å². The molecular weight excluding hydrogens is 160 g/mol. The predicted molar refractivity (Wildman–Crippen MR) is 57.9 cm³/mol. The van der Waals surface area contributed by atoms with E-state index in [1.54, 1.807) is 0 Å². The minimum Gasteiger partial charge on any atom is -0.316 e. The van der Waals surface area contributed by atoms with Gasteiger partial charge < -0.3 is 10.6 Å². The highest BCUT2D eigenvalue weighted by molar-refractivity contribution is 4.92. The molecule has 1 unspecified atom stereocenters. The molecule has 0 aromatic carbocycles. The fourth-order valence-electron chi connectivity index (χ4n) is 2.02. The van der Waals surface area contributed by atoms with Crippen molar-refractivity contribution in [3.63, 3.8) is 0 Å². The third-order valence-electron chi connectivity index (χ3n) is 3.36. The summed E-state index contributed by atoms with van der Waals surface area (Å²) in [6.45, 7) is 12.7. The molecule has 2 nitrogen and oxygen atoms in total. The van der Waals surface area contributed by atoms with Crippen molar-refractivity contribution in [2.24, 2.45) is 11.3 Å². The lowest BCUT2D eigenvalue weighted by molar-refractivity contribution is 0.203. The Kier molecular flexibility index (Phi) is 3.74. The third kappa shape index (κ3) is 2.68. The number of nitrogens with one attached hydrogen (secondary N) is 2. The summed E-state index contributed by atoms with van der Waals surface area (Å²) in [6.07, 6.45) is 1.32. The van der Waals surface area contributed by atoms with Crippen LogP contribution in [0.3, 0.4) is 0 Å². The average Bonchev–Trinajstić information content (AvgIpc) is 2.50. The van der Waals surface area contributed by atoms with E-state index in [0.717, 1.165) is 12.5 Å². The molecule has 1 saturated heterocycles. The van der Waals surface area contributed by atoms with E-state index >= 15 is 0 Å². The second-order valence-electron chi connectivity index (χ2n) is 4.98. The van der Waals surface area contributed by atoms with Crippen molar-refractivity contribution in [3.05, 3.63) is 0 Å². The summed E-state index contributed by atoms with van der Waals surface area (Å²) in [6, 6.07) is 0.608. The van der Waals surface area contributed by atoms with Gasteiger partial charge in [0.1, 0.15) is 0 Å². The maximum absolute atomic E-state index is 3.57. The molecular formula is C11H24N2. The van der Waals surface area contributed by atoms with Crippen molar-refractivity contribution in [3.8, 4) is 0 Å². The molecule has 0 bridgehead atoms. The minimum atomic E-state index is 0.504. The predicted octanol–water partition coefficient (Wildman–Crippen LogP) is 1.62. The van der Waals surface area contributed by atoms with E-state index in [0.29, 0.717) is 11.5 Å². The zero-order valence-corrected chi connectivity index (χ0v) is 9.48. The van der Waals surface area contributed by atoms with Gasteiger partial charge in [-0.25, -0.2) is 0 Å². The van der Waals surface area contributed by atoms with Gasteiger partial charge in [0.05, 0.1) is 0 Å². The highest BCUT2D eigenvalue weighted by Gasteiger charge is 2.36. The van der Waals surface area contributed by atoms with E-state index in [2.05, 4.69) is 38.3 Å². The molecule has 1 aliphatic heterocycles. The third-order valence-corrected chi connectivity index (χ3v) is 3.36. The molecule has 0 aromatic heterocycles. The van der Waals surface area contributed by atoms with Gasteiger partial charge in [-0.05, 0) is 24.3 Å². The van der Waals surface area contributed by atoms with Crippen LogP contribution in [0.1, 0.15) is 34.1 Å². The van der Waals surface area contributed by atoms with E-state index in [1.807, 2.05) is 0 Å². The van der Waals surface area contributed by atoms with Gasteiger partial charge in [0.2, 0.25) is 0 Å². The Morgan fingerprint density at radius 3 is 2.38 bits per heavy atom. The molecule has 1 heterocycles. The van der Waals surface area contributed by atoms with Gasteiger partial charge in [0.25, 0.3) is 0 Å². The van der Waals surface area contributed by atoms with Crippen LogP contribution in [-0.2, 0) is 0 Å². The van der Waals surface area contributed by atoms with Gasteiger partial charge in [0, 0.05) is 19.1 Å². The van der Waals surface area contributed by atoms with Crippen LogP contribution in [0.2, 0.25) is 0 Å². The summed E-state index contributed by atoms with van der Waals surface area (Å²) in [4.78, 5) is 0. The van der Waals surface area contributed by atoms with E-state index < -0.39 is 0 Å². The fraction of sp³-hybridized carbons (Fsp3) is 1.00. The Morgan fingerprint density at radius 2 is 2.00 bits per heavy atom. The molecule has 78 valence electrons. The number of rotatable bonds is 4. The maximum Gasteiger partial charge on any atom is 0.00253 e. The van der Waals surface area contributed by atoms with E-state index in [1.165, 1.54) is 19.5 Å². The molecule has 13 heavy (non-hydrogen) atoms. The summed E-state index contributed by atoms with van der Waals surface area (Å²) in [5.41, 5.74) is 0.504. The molecule has 0 saturated carbocycles. The van der Waals surface area contributed by atoms with Crippen LogP contribution < -0.4 is 10.6 Å². The van der Waals surface area contributed by atoms with Crippen LogP contribution in [0.25, 0.3) is 0 Å². The molecule has 0 aromatic rings. The number of hydrogen-bond acceptors (Lipinski definition) is 2. The topological polar surface area (TPSA) is 24.1 Å². The van der Waals surface area contributed by atoms with Crippen molar-refractivity contribution >= 4 is 0 Å². The Balaban J connectivity index is 2.47. The molecule has 0 amide bonds. The summed E-state index contributed by atoms with van der Waals surface area (Å²) < 4.78 is 0. The first kappa shape index (κ1) is 11.0. The largest absolute Gasteiger partial charge is 0.316 e. The van der Waals surface area contributed by atoms with Crippen LogP contribution in [0.5, 0.6) is 0 Å². The smallest absolute Gasteiger partial charge is 0.00253 e. The normalized spacial score (nSPS) is 29.1. The van der Waals surface area contributed by atoms with Crippen molar-refractivity contribution in [2.45, 2.75) is 40.2 Å². The Bertz CT molecular complexity index is 146. The summed E-state index contributed by atoms with van der Waals surface area (Å²) in [5, 5.41) is 7.05. The van der Waals surface area contributed by atoms with Crippen molar-refractivity contribution < 1.29 is 0 Å². The van der Waals surface area contributed by atoms with Crippen LogP contribution >= 0.6 is 0 Å². The quantitative estimate of drug-likeness (QED) is 0.694. The molecule has 0 spiro atoms. The molecule has 1 aliphatic rings. The highest BCUT2D eigenvalue weighted by Crippen LogP contribution is 2.33. The molecule has 1 fully saturated rings. The first-order valence-electron chi connectivity index (χ1n) is 5.51. The van der Waals surface area contributed by atoms with Gasteiger partial charge >= 0.3 is 0 Å². The van der Waals surface area contributed by atoms with E-state index in [4.69, 9.17) is 0 Å². The van der Waals surface area contributed by atoms with Gasteiger partial charge in [0.15, 0.2) is 0 Å². The van der Waals surface area contributed by atoms with Crippen molar-refractivity contribution in [1.29, 1.82) is 0 Å². The second kappa shape index (κ2) is 4.43. The summed E-state index contributed by atoms with van der Waals surface area (Å²) in [7, 11) is 0. The lowest BCUT2D eigenvalue weighted by Gasteiger charge is -2.33. The summed E-state index contributed by atoms with van der Waals surface area (Å²) in [5.74, 6) is 0.772. The fourth-order valence-corrected chi connectivity index (χ4v) is 2.02. The van der Waals surface area contributed by atoms with Gasteiger partial charge in [-0.2, -0.15) is 0 Å². The Morgan fingerprint density at radius 1 is 1.31 bits per heavy atom. The van der Waals surface area contributed by atoms with E-state index in [-0.39, 0.29) is 0 Å². The van der Waals surface area contributed by atoms with Crippen LogP contribution in [0.15, 0.2) is 0 Å². The maximum atomic E-state index is 3.57. The molecule has 0 aliphatic carbocycles. The highest BCUT2D eigenvalue weighted by atomic mass is 15.0. The van der Waals surface area contributed by atoms with E-state index in [9.17, 15) is 0 Å². The lowest BCUT2D eigenvalue weighted by atomic mass is 9.76. The molecule has 1 rings (SSSR count). The Labute approximate surface area is 82.5 Å². The monoisotopic (exact) mass is 184 g/mol. The Hall–Kier alpha value is -0.0800.